The van der Waals surface area contributed by atoms with Gasteiger partial charge in [-0.05, 0) is 24.7 Å². The van der Waals surface area contributed by atoms with Gasteiger partial charge in [-0.2, -0.15) is 10.5 Å². The predicted octanol–water partition coefficient (Wildman–Crippen LogP) is 2.48. The Morgan fingerprint density at radius 3 is 2.08 bits per heavy atom. The van der Waals surface area contributed by atoms with E-state index in [-0.39, 0.29) is 5.41 Å². The quantitative estimate of drug-likeness (QED) is 0.594. The van der Waals surface area contributed by atoms with Gasteiger partial charge in [0.05, 0.1) is 24.0 Å². The Hall–Kier alpha value is -1.02. The van der Waals surface area contributed by atoms with E-state index in [0.717, 1.165) is 12.8 Å². The van der Waals surface area contributed by atoms with Gasteiger partial charge in [-0.15, -0.1) is 0 Å². The van der Waals surface area contributed by atoms with Crippen molar-refractivity contribution in [3.8, 4) is 12.1 Å². The number of nitriles is 2. The van der Waals surface area contributed by atoms with Crippen LogP contribution in [0.1, 0.15) is 33.1 Å². The van der Waals surface area contributed by atoms with Crippen LogP contribution in [0.15, 0.2) is 0 Å². The zero-order valence-corrected chi connectivity index (χ0v) is 7.67. The molecule has 0 unspecified atom stereocenters. The zero-order valence-electron chi connectivity index (χ0n) is 7.67. The molecule has 1 saturated carbocycles. The van der Waals surface area contributed by atoms with Crippen molar-refractivity contribution < 1.29 is 0 Å². The Morgan fingerprint density at radius 1 is 1.25 bits per heavy atom. The molecule has 0 amide bonds. The molecule has 1 aliphatic carbocycles. The third kappa shape index (κ3) is 1.43. The van der Waals surface area contributed by atoms with Crippen LogP contribution in [0.3, 0.4) is 0 Å². The lowest BCUT2D eigenvalue weighted by Crippen LogP contribution is -2.13. The third-order valence-electron chi connectivity index (χ3n) is 3.05. The van der Waals surface area contributed by atoms with E-state index in [9.17, 15) is 0 Å². The molecular weight excluding hydrogens is 148 g/mol. The first-order valence-corrected chi connectivity index (χ1v) is 4.42. The van der Waals surface area contributed by atoms with Gasteiger partial charge in [0.1, 0.15) is 0 Å². The summed E-state index contributed by atoms with van der Waals surface area (Å²) in [4.78, 5) is 0. The first kappa shape index (κ1) is 9.07. The summed E-state index contributed by atoms with van der Waals surface area (Å²) in [6, 6.07) is 4.44. The Kier molecular flexibility index (Phi) is 2.38. The molecule has 1 aliphatic rings. The van der Waals surface area contributed by atoms with Crippen molar-refractivity contribution >= 4 is 0 Å². The van der Waals surface area contributed by atoms with Gasteiger partial charge in [0.25, 0.3) is 0 Å². The topological polar surface area (TPSA) is 47.6 Å². The molecule has 12 heavy (non-hydrogen) atoms. The van der Waals surface area contributed by atoms with Crippen LogP contribution in [0.4, 0.5) is 0 Å². The summed E-state index contributed by atoms with van der Waals surface area (Å²) in [5.74, 6) is 1.19. The highest BCUT2D eigenvalue weighted by Crippen LogP contribution is 2.46. The smallest absolute Gasteiger partial charge is 0.0709 e. The summed E-state index contributed by atoms with van der Waals surface area (Å²) < 4.78 is 0. The van der Waals surface area contributed by atoms with Gasteiger partial charge < -0.3 is 0 Å². The van der Waals surface area contributed by atoms with Gasteiger partial charge in [0.2, 0.25) is 0 Å². The Bertz CT molecular complexity index is 234. The van der Waals surface area contributed by atoms with Crippen LogP contribution in [-0.4, -0.2) is 0 Å². The van der Waals surface area contributed by atoms with Crippen molar-refractivity contribution in [3.05, 3.63) is 0 Å². The minimum Gasteiger partial charge on any atom is -0.198 e. The van der Waals surface area contributed by atoms with E-state index in [1.165, 1.54) is 0 Å². The lowest BCUT2D eigenvalue weighted by molar-refractivity contribution is 0.401. The van der Waals surface area contributed by atoms with Gasteiger partial charge in [-0.3, -0.25) is 0 Å². The van der Waals surface area contributed by atoms with Gasteiger partial charge in [0.15, 0.2) is 0 Å². The van der Waals surface area contributed by atoms with Gasteiger partial charge >= 0.3 is 0 Å². The summed E-state index contributed by atoms with van der Waals surface area (Å²) in [6.45, 7) is 4.34. The fraction of sp³-hybridized carbons (Fsp3) is 0.800. The number of nitrogens with zero attached hydrogens (tertiary/aromatic N) is 2. The lowest BCUT2D eigenvalue weighted by atomic mass is 9.84. The molecule has 0 aromatic carbocycles. The Balaban J connectivity index is 2.75. The second-order valence-corrected chi connectivity index (χ2v) is 4.09. The molecule has 0 saturated heterocycles. The monoisotopic (exact) mass is 162 g/mol. The Morgan fingerprint density at radius 2 is 1.75 bits per heavy atom. The number of hydrogen-bond acceptors (Lipinski definition) is 2. The van der Waals surface area contributed by atoms with Crippen molar-refractivity contribution in [1.29, 1.82) is 10.5 Å². The maximum atomic E-state index is 8.98. The largest absolute Gasteiger partial charge is 0.198 e. The van der Waals surface area contributed by atoms with Crippen LogP contribution in [-0.2, 0) is 0 Å². The first-order chi connectivity index (χ1) is 5.63. The maximum Gasteiger partial charge on any atom is 0.0709 e. The number of hydrogen-bond donors (Lipinski definition) is 0. The highest BCUT2D eigenvalue weighted by atomic mass is 14.5. The van der Waals surface area contributed by atoms with Crippen LogP contribution in [0, 0.1) is 39.9 Å². The van der Waals surface area contributed by atoms with Crippen molar-refractivity contribution in [2.75, 3.05) is 0 Å². The average Bonchev–Trinajstić information content (AvgIpc) is 2.30. The average molecular weight is 162 g/mol. The molecule has 2 heteroatoms. The van der Waals surface area contributed by atoms with E-state index in [1.54, 1.807) is 0 Å². The van der Waals surface area contributed by atoms with Crippen molar-refractivity contribution in [3.63, 3.8) is 0 Å². The molecule has 0 aromatic rings. The molecular formula is C10H14N2. The first-order valence-electron chi connectivity index (χ1n) is 4.42. The van der Waals surface area contributed by atoms with Crippen LogP contribution >= 0.6 is 0 Å². The molecule has 0 radical (unpaired) electrons. The third-order valence-corrected chi connectivity index (χ3v) is 3.05. The summed E-state index contributed by atoms with van der Waals surface area (Å²) in [5, 5.41) is 17.6. The standard InChI is InChI=1S/C10H14N2/c1-8-5-10(7-12,3-4-11)6-9(8)2/h8-9H,3,5-6H2,1-2H3/t8-,9-/m1/s1. The highest BCUT2D eigenvalue weighted by Gasteiger charge is 2.41. The normalized spacial score (nSPS) is 32.3. The molecule has 1 rings (SSSR count). The van der Waals surface area contributed by atoms with E-state index in [2.05, 4.69) is 26.0 Å². The summed E-state index contributed by atoms with van der Waals surface area (Å²) in [6.07, 6.45) is 2.20. The van der Waals surface area contributed by atoms with Crippen LogP contribution in [0.25, 0.3) is 0 Å². The molecule has 0 aromatic heterocycles. The fourth-order valence-electron chi connectivity index (χ4n) is 2.14. The van der Waals surface area contributed by atoms with Crippen LogP contribution in [0.2, 0.25) is 0 Å². The number of rotatable bonds is 1. The zero-order chi connectivity index (χ0) is 9.19. The maximum absolute atomic E-state index is 8.98. The molecule has 64 valence electrons. The molecule has 0 spiro atoms. The van der Waals surface area contributed by atoms with Gasteiger partial charge in [-0.1, -0.05) is 13.8 Å². The molecule has 0 heterocycles. The molecule has 2 atom stereocenters. The Labute approximate surface area is 73.8 Å². The minimum absolute atomic E-state index is 0.326. The summed E-state index contributed by atoms with van der Waals surface area (Å²) >= 11 is 0. The van der Waals surface area contributed by atoms with Crippen molar-refractivity contribution in [1.82, 2.24) is 0 Å². The molecule has 0 aliphatic heterocycles. The molecule has 2 nitrogen and oxygen atoms in total. The van der Waals surface area contributed by atoms with E-state index in [1.807, 2.05) is 0 Å². The summed E-state index contributed by atoms with van der Waals surface area (Å²) in [5.41, 5.74) is -0.326. The second-order valence-electron chi connectivity index (χ2n) is 4.09. The second kappa shape index (κ2) is 3.15. The van der Waals surface area contributed by atoms with Gasteiger partial charge in [-0.25, -0.2) is 0 Å². The van der Waals surface area contributed by atoms with E-state index in [0.29, 0.717) is 18.3 Å². The van der Waals surface area contributed by atoms with E-state index < -0.39 is 0 Å². The van der Waals surface area contributed by atoms with Crippen LogP contribution in [0.5, 0.6) is 0 Å². The lowest BCUT2D eigenvalue weighted by Gasteiger charge is -2.15. The van der Waals surface area contributed by atoms with E-state index >= 15 is 0 Å². The molecule has 0 bridgehead atoms. The fourth-order valence-corrected chi connectivity index (χ4v) is 2.14. The predicted molar refractivity (Wildman–Crippen MR) is 45.8 cm³/mol. The molecule has 1 fully saturated rings. The minimum atomic E-state index is -0.326. The highest BCUT2D eigenvalue weighted by molar-refractivity contribution is 5.08. The summed E-state index contributed by atoms with van der Waals surface area (Å²) in [7, 11) is 0. The SMILES string of the molecule is C[C@@H]1CC(C#N)(CC#N)C[C@H]1C. The van der Waals surface area contributed by atoms with Crippen molar-refractivity contribution in [2.24, 2.45) is 17.3 Å². The van der Waals surface area contributed by atoms with Gasteiger partial charge in [0, 0.05) is 0 Å². The molecule has 0 N–H and O–H groups in total. The van der Waals surface area contributed by atoms with Crippen LogP contribution < -0.4 is 0 Å². The van der Waals surface area contributed by atoms with Crippen molar-refractivity contribution in [2.45, 2.75) is 33.1 Å². The van der Waals surface area contributed by atoms with E-state index in [4.69, 9.17) is 10.5 Å².